The molecular weight excluding hydrogens is 341 g/mol. The molecule has 1 N–H and O–H groups in total. The molecule has 0 bridgehead atoms. The van der Waals surface area contributed by atoms with Crippen LogP contribution in [-0.4, -0.2) is 35.1 Å². The first-order chi connectivity index (χ1) is 8.50. The predicted molar refractivity (Wildman–Crippen MR) is 79.5 cm³/mol. The van der Waals surface area contributed by atoms with Gasteiger partial charge in [-0.25, -0.2) is 0 Å². The van der Waals surface area contributed by atoms with Gasteiger partial charge in [0.15, 0.2) is 0 Å². The molecule has 0 unspecified atom stereocenters. The van der Waals surface area contributed by atoms with E-state index in [9.17, 15) is 9.90 Å². The van der Waals surface area contributed by atoms with Crippen molar-refractivity contribution in [2.45, 2.75) is 31.3 Å². The van der Waals surface area contributed by atoms with Gasteiger partial charge in [-0.3, -0.25) is 4.79 Å². The summed E-state index contributed by atoms with van der Waals surface area (Å²) in [4.78, 5) is 13.9. The minimum absolute atomic E-state index is 0.0196. The second-order valence-electron chi connectivity index (χ2n) is 5.10. The van der Waals surface area contributed by atoms with E-state index in [1.165, 1.54) is 0 Å². The van der Waals surface area contributed by atoms with E-state index in [4.69, 9.17) is 0 Å². The van der Waals surface area contributed by atoms with Crippen LogP contribution in [-0.2, 0) is 0 Å². The lowest BCUT2D eigenvalue weighted by Gasteiger charge is -2.28. The van der Waals surface area contributed by atoms with E-state index < -0.39 is 5.60 Å². The van der Waals surface area contributed by atoms with E-state index in [1.54, 1.807) is 11.9 Å². The number of hydrogen-bond acceptors (Lipinski definition) is 2. The SMILES string of the molecule is CN(CC1(O)CCCC1)C(=O)c1cccc(I)c1. The minimum Gasteiger partial charge on any atom is -0.388 e. The van der Waals surface area contributed by atoms with Crippen molar-refractivity contribution in [3.05, 3.63) is 33.4 Å². The number of hydrogen-bond donors (Lipinski definition) is 1. The maximum Gasteiger partial charge on any atom is 0.253 e. The van der Waals surface area contributed by atoms with E-state index in [2.05, 4.69) is 22.6 Å². The Morgan fingerprint density at radius 3 is 2.72 bits per heavy atom. The smallest absolute Gasteiger partial charge is 0.253 e. The van der Waals surface area contributed by atoms with Crippen LogP contribution in [0.5, 0.6) is 0 Å². The lowest BCUT2D eigenvalue weighted by atomic mass is 10.0. The summed E-state index contributed by atoms with van der Waals surface area (Å²) in [7, 11) is 1.76. The molecule has 1 saturated carbocycles. The van der Waals surface area contributed by atoms with E-state index >= 15 is 0 Å². The molecule has 0 spiro atoms. The van der Waals surface area contributed by atoms with Gasteiger partial charge in [0.25, 0.3) is 5.91 Å². The molecule has 1 amide bonds. The van der Waals surface area contributed by atoms with E-state index in [-0.39, 0.29) is 5.91 Å². The highest BCUT2D eigenvalue weighted by molar-refractivity contribution is 14.1. The van der Waals surface area contributed by atoms with Crippen LogP contribution in [0.1, 0.15) is 36.0 Å². The van der Waals surface area contributed by atoms with Crippen LogP contribution < -0.4 is 0 Å². The van der Waals surface area contributed by atoms with Crippen molar-refractivity contribution >= 4 is 28.5 Å². The zero-order valence-corrected chi connectivity index (χ0v) is 12.7. The normalized spacial score (nSPS) is 17.7. The van der Waals surface area contributed by atoms with Gasteiger partial charge in [0.2, 0.25) is 0 Å². The number of halogens is 1. The Morgan fingerprint density at radius 1 is 1.44 bits per heavy atom. The van der Waals surface area contributed by atoms with Gasteiger partial charge in [-0.15, -0.1) is 0 Å². The Hall–Kier alpha value is -0.620. The maximum absolute atomic E-state index is 12.2. The number of likely N-dealkylation sites (N-methyl/N-ethyl adjacent to an activating group) is 1. The highest BCUT2D eigenvalue weighted by Crippen LogP contribution is 2.30. The maximum atomic E-state index is 12.2. The molecule has 1 fully saturated rings. The Balaban J connectivity index is 2.04. The average Bonchev–Trinajstić information content (AvgIpc) is 2.74. The first-order valence-corrected chi connectivity index (χ1v) is 7.31. The highest BCUT2D eigenvalue weighted by Gasteiger charge is 2.33. The fourth-order valence-corrected chi connectivity index (χ4v) is 3.09. The molecule has 0 radical (unpaired) electrons. The number of benzene rings is 1. The largest absolute Gasteiger partial charge is 0.388 e. The predicted octanol–water partition coefficient (Wildman–Crippen LogP) is 2.67. The van der Waals surface area contributed by atoms with Crippen LogP contribution in [0.15, 0.2) is 24.3 Å². The summed E-state index contributed by atoms with van der Waals surface area (Å²) in [5.74, 6) is -0.0196. The Bertz CT molecular complexity index is 441. The molecule has 1 aromatic rings. The van der Waals surface area contributed by atoms with Crippen molar-refractivity contribution in [2.75, 3.05) is 13.6 Å². The molecule has 0 aromatic heterocycles. The van der Waals surface area contributed by atoms with E-state index in [0.29, 0.717) is 12.1 Å². The van der Waals surface area contributed by atoms with Crippen LogP contribution in [0.2, 0.25) is 0 Å². The summed E-state index contributed by atoms with van der Waals surface area (Å²) >= 11 is 2.20. The zero-order valence-electron chi connectivity index (χ0n) is 10.5. The van der Waals surface area contributed by atoms with Gasteiger partial charge >= 0.3 is 0 Å². The number of amides is 1. The molecule has 0 atom stereocenters. The molecule has 1 aromatic carbocycles. The molecule has 2 rings (SSSR count). The summed E-state index contributed by atoms with van der Waals surface area (Å²) in [6.07, 6.45) is 3.72. The van der Waals surface area contributed by atoms with Crippen LogP contribution in [0.25, 0.3) is 0 Å². The Morgan fingerprint density at radius 2 is 2.11 bits per heavy atom. The second-order valence-corrected chi connectivity index (χ2v) is 6.35. The van der Waals surface area contributed by atoms with E-state index in [0.717, 1.165) is 29.3 Å². The topological polar surface area (TPSA) is 40.5 Å². The van der Waals surface area contributed by atoms with Crippen molar-refractivity contribution in [2.24, 2.45) is 0 Å². The van der Waals surface area contributed by atoms with Gasteiger partial charge in [-0.1, -0.05) is 18.9 Å². The van der Waals surface area contributed by atoms with Gasteiger partial charge in [0, 0.05) is 22.7 Å². The zero-order chi connectivity index (χ0) is 13.2. The molecule has 4 heteroatoms. The average molecular weight is 359 g/mol. The monoisotopic (exact) mass is 359 g/mol. The third kappa shape index (κ3) is 3.23. The number of carbonyl (C=O) groups excluding carboxylic acids is 1. The number of rotatable bonds is 3. The number of nitrogens with zero attached hydrogens (tertiary/aromatic N) is 1. The van der Waals surface area contributed by atoms with Crippen molar-refractivity contribution in [1.82, 2.24) is 4.90 Å². The quantitative estimate of drug-likeness (QED) is 0.843. The molecular formula is C14H18INO2. The third-order valence-corrected chi connectivity index (χ3v) is 4.16. The molecule has 98 valence electrons. The van der Waals surface area contributed by atoms with Gasteiger partial charge in [-0.2, -0.15) is 0 Å². The number of carbonyl (C=O) groups is 1. The summed E-state index contributed by atoms with van der Waals surface area (Å²) < 4.78 is 1.05. The van der Waals surface area contributed by atoms with E-state index in [1.807, 2.05) is 24.3 Å². The van der Waals surface area contributed by atoms with Gasteiger partial charge in [0.05, 0.1) is 5.60 Å². The van der Waals surface area contributed by atoms with Gasteiger partial charge in [-0.05, 0) is 53.6 Å². The summed E-state index contributed by atoms with van der Waals surface area (Å²) in [5, 5.41) is 10.3. The summed E-state index contributed by atoms with van der Waals surface area (Å²) in [6, 6.07) is 7.53. The van der Waals surface area contributed by atoms with Crippen LogP contribution in [0.4, 0.5) is 0 Å². The minimum atomic E-state index is -0.674. The molecule has 0 aliphatic heterocycles. The molecule has 1 aliphatic rings. The molecule has 18 heavy (non-hydrogen) atoms. The fourth-order valence-electron chi connectivity index (χ4n) is 2.55. The van der Waals surface area contributed by atoms with Crippen molar-refractivity contribution in [3.8, 4) is 0 Å². The third-order valence-electron chi connectivity index (χ3n) is 3.48. The summed E-state index contributed by atoms with van der Waals surface area (Å²) in [6.45, 7) is 0.428. The number of aliphatic hydroxyl groups is 1. The lowest BCUT2D eigenvalue weighted by molar-refractivity contribution is 0.0157. The molecule has 1 aliphatic carbocycles. The van der Waals surface area contributed by atoms with Crippen LogP contribution >= 0.6 is 22.6 Å². The highest BCUT2D eigenvalue weighted by atomic mass is 127. The first-order valence-electron chi connectivity index (χ1n) is 6.24. The van der Waals surface area contributed by atoms with Crippen LogP contribution in [0.3, 0.4) is 0 Å². The fraction of sp³-hybridized carbons (Fsp3) is 0.500. The standard InChI is InChI=1S/C14H18INO2/c1-16(10-14(18)7-2-3-8-14)13(17)11-5-4-6-12(15)9-11/h4-6,9,18H,2-3,7-8,10H2,1H3. The van der Waals surface area contributed by atoms with Crippen LogP contribution in [0, 0.1) is 3.57 Å². The Kier molecular flexibility index (Phi) is 4.27. The molecule has 0 heterocycles. The molecule has 0 saturated heterocycles. The van der Waals surface area contributed by atoms with Crippen molar-refractivity contribution in [3.63, 3.8) is 0 Å². The molecule has 3 nitrogen and oxygen atoms in total. The van der Waals surface area contributed by atoms with Gasteiger partial charge < -0.3 is 10.0 Å². The second kappa shape index (κ2) is 5.57. The van der Waals surface area contributed by atoms with Gasteiger partial charge in [0.1, 0.15) is 0 Å². The first kappa shape index (κ1) is 13.8. The van der Waals surface area contributed by atoms with Crippen molar-refractivity contribution in [1.29, 1.82) is 0 Å². The Labute approximate surface area is 121 Å². The van der Waals surface area contributed by atoms with Crippen molar-refractivity contribution < 1.29 is 9.90 Å². The summed E-state index contributed by atoms with van der Waals surface area (Å²) in [5.41, 5.74) is 0.0118. The lowest BCUT2D eigenvalue weighted by Crippen LogP contribution is -2.42.